The number of nitrogens with two attached hydrogens (primary N) is 1. The van der Waals surface area contributed by atoms with E-state index in [2.05, 4.69) is 65.2 Å². The van der Waals surface area contributed by atoms with E-state index in [0.717, 1.165) is 5.56 Å². The second-order valence-corrected chi connectivity index (χ2v) is 5.71. The molecule has 0 unspecified atom stereocenters. The quantitative estimate of drug-likeness (QED) is 0.290. The van der Waals surface area contributed by atoms with Crippen LogP contribution in [0.3, 0.4) is 0 Å². The third-order valence-electron chi connectivity index (χ3n) is 3.66. The minimum absolute atomic E-state index is 0.209. The number of benzene rings is 3. The van der Waals surface area contributed by atoms with E-state index < -0.39 is 0 Å². The maximum atomic E-state index is 5.57. The van der Waals surface area contributed by atoms with E-state index in [-0.39, 0.29) is 6.00 Å². The minimum atomic E-state index is 0.209. The first-order valence-corrected chi connectivity index (χ1v) is 8.76. The molecule has 0 atom stereocenters. The van der Waals surface area contributed by atoms with Crippen molar-refractivity contribution in [1.29, 1.82) is 0 Å². The molecule has 3 aromatic carbocycles. The van der Waals surface area contributed by atoms with Crippen LogP contribution in [0, 0.1) is 0 Å². The number of hydrogen-bond donors (Lipinski definition) is 1. The Kier molecular flexibility index (Phi) is 8.10. The second-order valence-electron chi connectivity index (χ2n) is 5.47. The fourth-order valence-corrected chi connectivity index (χ4v) is 2.46. The van der Waals surface area contributed by atoms with E-state index >= 15 is 0 Å². The molecule has 0 fully saturated rings. The van der Waals surface area contributed by atoms with Gasteiger partial charge in [0.15, 0.2) is 0 Å². The summed E-state index contributed by atoms with van der Waals surface area (Å²) in [4.78, 5) is 7.71. The first-order valence-electron chi connectivity index (χ1n) is 8.22. The van der Waals surface area contributed by atoms with Crippen molar-refractivity contribution in [2.45, 2.75) is 6.54 Å². The van der Waals surface area contributed by atoms with Gasteiger partial charge in [0, 0.05) is 5.56 Å². The molecule has 3 nitrogen and oxygen atoms in total. The van der Waals surface area contributed by atoms with E-state index in [1.54, 1.807) is 0 Å². The summed E-state index contributed by atoms with van der Waals surface area (Å²) in [6.07, 6.45) is 0. The lowest BCUT2D eigenvalue weighted by atomic mass is 10.0. The van der Waals surface area contributed by atoms with Gasteiger partial charge in [0.25, 0.3) is 0 Å². The molecule has 2 N–H and O–H groups in total. The fraction of sp³-hybridized carbons (Fsp3) is 0.0909. The molecule has 0 aliphatic carbocycles. The SMILES string of the molecule is C=NCc1ccc(-c2ccccc2)cc1.N/C(=N\CCl)c1ccccc1. The Morgan fingerprint density at radius 3 is 1.88 bits per heavy atom. The highest BCUT2D eigenvalue weighted by Crippen LogP contribution is 2.19. The van der Waals surface area contributed by atoms with Gasteiger partial charge >= 0.3 is 0 Å². The molecule has 0 aromatic heterocycles. The van der Waals surface area contributed by atoms with Crippen molar-refractivity contribution in [3.05, 3.63) is 96.1 Å². The van der Waals surface area contributed by atoms with E-state index in [0.29, 0.717) is 12.4 Å². The topological polar surface area (TPSA) is 50.7 Å². The van der Waals surface area contributed by atoms with E-state index in [9.17, 15) is 0 Å². The summed E-state index contributed by atoms with van der Waals surface area (Å²) >= 11 is 5.38. The highest BCUT2D eigenvalue weighted by molar-refractivity contribution is 6.18. The molecule has 0 amide bonds. The number of aliphatic imine (C=N–C) groups is 2. The van der Waals surface area contributed by atoms with Gasteiger partial charge in [0.1, 0.15) is 11.8 Å². The van der Waals surface area contributed by atoms with Crippen LogP contribution in [0.1, 0.15) is 11.1 Å². The summed E-state index contributed by atoms with van der Waals surface area (Å²) in [5.74, 6) is 0.487. The van der Waals surface area contributed by atoms with Gasteiger partial charge in [-0.05, 0) is 23.4 Å². The first kappa shape index (κ1) is 19.4. The van der Waals surface area contributed by atoms with Crippen LogP contribution in [0.15, 0.2) is 94.9 Å². The highest BCUT2D eigenvalue weighted by Gasteiger charge is 1.96. The van der Waals surface area contributed by atoms with Gasteiger partial charge in [0.2, 0.25) is 0 Å². The Morgan fingerprint density at radius 2 is 1.35 bits per heavy atom. The van der Waals surface area contributed by atoms with Crippen LogP contribution in [0.25, 0.3) is 11.1 Å². The maximum absolute atomic E-state index is 5.57. The number of hydrogen-bond acceptors (Lipinski definition) is 2. The fourth-order valence-electron chi connectivity index (χ4n) is 2.33. The average molecular weight is 364 g/mol. The molecule has 0 aliphatic heterocycles. The molecular formula is C22H22ClN3. The van der Waals surface area contributed by atoms with Crippen LogP contribution in [0.5, 0.6) is 0 Å². The predicted octanol–water partition coefficient (Wildman–Crippen LogP) is 5.14. The van der Waals surface area contributed by atoms with Crippen LogP contribution >= 0.6 is 11.6 Å². The van der Waals surface area contributed by atoms with Crippen molar-refractivity contribution in [2.24, 2.45) is 15.7 Å². The number of nitrogens with zero attached hydrogens (tertiary/aromatic N) is 2. The highest BCUT2D eigenvalue weighted by atomic mass is 35.5. The minimum Gasteiger partial charge on any atom is -0.383 e. The third-order valence-corrected chi connectivity index (χ3v) is 3.77. The average Bonchev–Trinajstić information content (AvgIpc) is 2.71. The molecule has 0 aliphatic rings. The van der Waals surface area contributed by atoms with E-state index in [4.69, 9.17) is 17.3 Å². The molecule has 132 valence electrons. The summed E-state index contributed by atoms with van der Waals surface area (Å²) in [7, 11) is 0. The summed E-state index contributed by atoms with van der Waals surface area (Å²) in [6.45, 7) is 4.18. The molecule has 0 heterocycles. The first-order chi connectivity index (χ1) is 12.7. The normalized spacial score (nSPS) is 10.6. The van der Waals surface area contributed by atoms with Gasteiger partial charge < -0.3 is 5.73 Å². The van der Waals surface area contributed by atoms with Crippen molar-refractivity contribution < 1.29 is 0 Å². The second kappa shape index (κ2) is 10.9. The lowest BCUT2D eigenvalue weighted by molar-refractivity contribution is 1.08. The van der Waals surface area contributed by atoms with Crippen molar-refractivity contribution in [3.63, 3.8) is 0 Å². The van der Waals surface area contributed by atoms with Crippen molar-refractivity contribution in [1.82, 2.24) is 0 Å². The maximum Gasteiger partial charge on any atom is 0.126 e. The van der Waals surface area contributed by atoms with Gasteiger partial charge in [0.05, 0.1) is 6.54 Å². The number of halogens is 1. The van der Waals surface area contributed by atoms with E-state index in [1.165, 1.54) is 16.7 Å². The van der Waals surface area contributed by atoms with Gasteiger partial charge in [-0.2, -0.15) is 0 Å². The zero-order valence-corrected chi connectivity index (χ0v) is 15.3. The number of alkyl halides is 1. The predicted molar refractivity (Wildman–Crippen MR) is 113 cm³/mol. The van der Waals surface area contributed by atoms with Gasteiger partial charge in [-0.3, -0.25) is 9.98 Å². The molecular weight excluding hydrogens is 342 g/mol. The van der Waals surface area contributed by atoms with Gasteiger partial charge in [-0.15, -0.1) is 11.6 Å². The molecule has 26 heavy (non-hydrogen) atoms. The Balaban J connectivity index is 0.000000197. The standard InChI is InChI=1S/C14H13N.C8H9ClN2/c1-15-11-12-7-9-14(10-8-12)13-5-3-2-4-6-13;9-6-11-8(10)7-4-2-1-3-5-7/h2-10H,1,11H2;1-5H,6H2,(H2,10,11). The van der Waals surface area contributed by atoms with Crippen molar-refractivity contribution in [3.8, 4) is 11.1 Å². The zero-order chi connectivity index (χ0) is 18.6. The molecule has 0 saturated carbocycles. The third kappa shape index (κ3) is 6.19. The molecule has 3 aromatic rings. The molecule has 4 heteroatoms. The summed E-state index contributed by atoms with van der Waals surface area (Å²) < 4.78 is 0. The smallest absolute Gasteiger partial charge is 0.126 e. The van der Waals surface area contributed by atoms with Crippen LogP contribution in [0.2, 0.25) is 0 Å². The largest absolute Gasteiger partial charge is 0.383 e. The Hall–Kier alpha value is -2.91. The Bertz CT molecular complexity index is 813. The Morgan fingerprint density at radius 1 is 0.808 bits per heavy atom. The van der Waals surface area contributed by atoms with Crippen molar-refractivity contribution in [2.75, 3.05) is 6.00 Å². The molecule has 0 bridgehead atoms. The monoisotopic (exact) mass is 363 g/mol. The summed E-state index contributed by atoms with van der Waals surface area (Å²) in [6, 6.07) is 28.5. The van der Waals surface area contributed by atoms with Gasteiger partial charge in [-0.25, -0.2) is 0 Å². The van der Waals surface area contributed by atoms with Crippen LogP contribution in [-0.2, 0) is 6.54 Å². The Labute approximate surface area is 159 Å². The molecule has 0 spiro atoms. The number of amidine groups is 1. The van der Waals surface area contributed by atoms with Crippen LogP contribution in [-0.4, -0.2) is 18.6 Å². The summed E-state index contributed by atoms with van der Waals surface area (Å²) in [5.41, 5.74) is 10.2. The van der Waals surface area contributed by atoms with Crippen LogP contribution in [0.4, 0.5) is 0 Å². The molecule has 0 radical (unpaired) electrons. The lowest BCUT2D eigenvalue weighted by Crippen LogP contribution is -2.12. The van der Waals surface area contributed by atoms with Gasteiger partial charge in [-0.1, -0.05) is 84.9 Å². The molecule has 0 saturated heterocycles. The summed E-state index contributed by atoms with van der Waals surface area (Å²) in [5, 5.41) is 0. The van der Waals surface area contributed by atoms with Crippen LogP contribution < -0.4 is 5.73 Å². The lowest BCUT2D eigenvalue weighted by Gasteiger charge is -2.02. The number of rotatable bonds is 5. The van der Waals surface area contributed by atoms with Crippen molar-refractivity contribution >= 4 is 24.2 Å². The zero-order valence-electron chi connectivity index (χ0n) is 14.6. The molecule has 3 rings (SSSR count). The van der Waals surface area contributed by atoms with E-state index in [1.807, 2.05) is 36.4 Å².